The maximum atomic E-state index is 11.9. The van der Waals surface area contributed by atoms with Crippen LogP contribution in [0.15, 0.2) is 177 Å². The van der Waals surface area contributed by atoms with Crippen LogP contribution in [0.2, 0.25) is 5.28 Å². The molecule has 0 saturated carbocycles. The zero-order valence-electron chi connectivity index (χ0n) is 63.2. The molecule has 14 rings (SSSR count). The van der Waals surface area contributed by atoms with Gasteiger partial charge in [-0.1, -0.05) is 40.1 Å². The van der Waals surface area contributed by atoms with E-state index in [4.69, 9.17) is 42.0 Å². The van der Waals surface area contributed by atoms with E-state index in [1.807, 2.05) is 18.2 Å². The zero-order chi connectivity index (χ0) is 85.2. The summed E-state index contributed by atoms with van der Waals surface area (Å²) in [5, 5.41) is 32.5. The average Bonchev–Trinajstić information content (AvgIpc) is 1.65. The number of fused-ring (bicyclic) bond motifs is 5. The summed E-state index contributed by atoms with van der Waals surface area (Å²) in [6, 6.07) is 38.8. The number of carbonyl (C=O) groups is 2. The van der Waals surface area contributed by atoms with Crippen LogP contribution in [0.1, 0.15) is 42.7 Å². The number of anilines is 11. The van der Waals surface area contributed by atoms with E-state index in [1.165, 1.54) is 99.0 Å². The third-order valence-electron chi connectivity index (χ3n) is 16.7. The first kappa shape index (κ1) is 94.7. The van der Waals surface area contributed by atoms with Crippen molar-refractivity contribution in [1.29, 1.82) is 0 Å². The van der Waals surface area contributed by atoms with Crippen molar-refractivity contribution in [1.82, 2.24) is 19.9 Å². The number of halogens is 2. The monoisotopic (exact) mass is 1760 g/mol. The summed E-state index contributed by atoms with van der Waals surface area (Å²) in [6.45, 7) is 9.53. The molecule has 43 heteroatoms. The molecule has 0 bridgehead atoms. The lowest BCUT2D eigenvalue weighted by Crippen LogP contribution is -2.27. The smallest absolute Gasteiger partial charge is 0.269 e. The quantitative estimate of drug-likeness (QED) is 0.0116. The predicted octanol–water partition coefficient (Wildman–Crippen LogP) is 11.6. The fraction of sp³-hybridized carbons (Fsp3) is 0.253. The number of ether oxygens (including phenoxy) is 4. The summed E-state index contributed by atoms with van der Waals surface area (Å²) in [4.78, 5) is 59.3. The molecule has 7 heterocycles. The van der Waals surface area contributed by atoms with Crippen molar-refractivity contribution in [3.8, 4) is 34.8 Å². The Bertz CT molecular complexity index is 5730. The van der Waals surface area contributed by atoms with Crippen LogP contribution in [0.4, 0.5) is 74.2 Å². The molecule has 5 aliphatic heterocycles. The second-order valence-electron chi connectivity index (χ2n) is 25.3. The summed E-state index contributed by atoms with van der Waals surface area (Å²) in [5.74, 6) is 1.55. The number of nitrogens with zero attached hydrogens (tertiary/aromatic N) is 10. The first-order valence-electron chi connectivity index (χ1n) is 34.2. The Hall–Kier alpha value is -12.2. The molecule has 0 atom stereocenters. The van der Waals surface area contributed by atoms with E-state index >= 15 is 0 Å². The lowest BCUT2D eigenvalue weighted by Gasteiger charge is -2.16. The SMILES string of the molecule is C.C.C=CC(=O)Nc1cccc(Oc2nc(Cl)ncc2OC)c1.C=CC(=O)Nc1cccc(Oc2nc(Nc3ccc4c(c3)CCN4S(C)(=O)=O)ncc2OC)c1.CS(=O)(=O)Cl.CS(=O)(=O)N1CCc2cc(N)ccc21.CS(=O)(=O)N1CCc2cc(N)ccc21.CS(=O)(=O)N1CCc2cc([N+](=O)[O-])ccc21.O=[N+]([O-])c1ccc2c(c1)CCN2. The van der Waals surface area contributed by atoms with Gasteiger partial charge in [0.05, 0.1) is 90.5 Å². The molecule has 0 radical (unpaired) electrons. The number of nitro groups is 2. The number of hydrogen-bond donors (Lipinski definition) is 6. The number of nitrogen functional groups attached to an aromatic ring is 2. The Morgan fingerprint density at radius 3 is 1.29 bits per heavy atom. The van der Waals surface area contributed by atoms with E-state index in [0.717, 1.165) is 77.6 Å². The van der Waals surface area contributed by atoms with Crippen molar-refractivity contribution in [2.75, 3.05) is 128 Å². The second kappa shape index (κ2) is 41.1. The standard InChI is InChI=1S/C23H23N5O5S.C14H12ClN3O3.C9H10N2O4S.2C9H12N2O2S.C8H8N2O2.CH3ClO2S.2CH4/c1-4-21(29)25-16-6-5-7-18(13-16)33-22-20(32-2)14-24-23(27-22)26-17-8-9-19-15(12-17)10-11-28(19)34(3,30)31;1-3-12(19)17-9-5-4-6-10(7-9)21-13-11(20-2)8-16-14(15)18-13;1-16(14,15)10-5-4-7-6-8(11(12)13)2-3-9(7)10;2*1-14(12,13)11-5-4-7-6-8(10)2-3-9(7)11;11-10(12)7-1-2-8-6(5-7)3-4-9-8;1-5(2,3)4;;/h4-9,12-14H,1,10-11H2,2-3H3,(H,25,29)(H,24,26,27);3-8H,1H2,2H3,(H,17,19);2-3,6H,4-5H2,1H3;2*2-3,6H,4-5,10H2,1H3;1-2,5,9H,3-4H2;1H3;2*1H4. The van der Waals surface area contributed by atoms with Crippen molar-refractivity contribution in [2.24, 2.45) is 0 Å². The number of rotatable bonds is 18. The number of nitro benzene ring substituents is 2. The minimum absolute atomic E-state index is 0. The highest BCUT2D eigenvalue weighted by Gasteiger charge is 2.31. The zero-order valence-corrected chi connectivity index (χ0v) is 68.8. The maximum absolute atomic E-state index is 11.9. The summed E-state index contributed by atoms with van der Waals surface area (Å²) in [7, 11) is -8.61. The molecule has 8 N–H and O–H groups in total. The topological polar surface area (TPSA) is 493 Å². The highest BCUT2D eigenvalue weighted by Crippen LogP contribution is 2.38. The Morgan fingerprint density at radius 2 is 0.881 bits per heavy atom. The van der Waals surface area contributed by atoms with Gasteiger partial charge in [0.25, 0.3) is 23.1 Å². The minimum Gasteiger partial charge on any atom is -0.490 e. The molecular formula is C75H88Cl2N16O20S5. The van der Waals surface area contributed by atoms with Crippen molar-refractivity contribution >= 4 is 157 Å². The molecule has 0 spiro atoms. The summed E-state index contributed by atoms with van der Waals surface area (Å²) in [5.41, 5.74) is 23.1. The Kier molecular flexibility index (Phi) is 33.0. The van der Waals surface area contributed by atoms with E-state index in [9.17, 15) is 71.9 Å². The molecular weight excluding hydrogens is 1680 g/mol. The first-order chi connectivity index (χ1) is 54.5. The molecule has 7 aromatic carbocycles. The number of aromatic nitrogens is 4. The van der Waals surface area contributed by atoms with Gasteiger partial charge < -0.3 is 51.7 Å². The molecule has 5 aliphatic rings. The molecule has 0 unspecified atom stereocenters. The van der Waals surface area contributed by atoms with Crippen molar-refractivity contribution in [3.63, 3.8) is 0 Å². The van der Waals surface area contributed by atoms with Gasteiger partial charge in [0.2, 0.25) is 72.2 Å². The first-order valence-corrected chi connectivity index (χ1v) is 44.7. The highest BCUT2D eigenvalue weighted by molar-refractivity contribution is 8.13. The fourth-order valence-electron chi connectivity index (χ4n) is 11.7. The summed E-state index contributed by atoms with van der Waals surface area (Å²) >= 11 is 5.73. The number of amides is 2. The second-order valence-corrected chi connectivity index (χ2v) is 36.3. The van der Waals surface area contributed by atoms with Gasteiger partial charge in [-0.2, -0.15) is 9.97 Å². The molecule has 632 valence electrons. The number of nitrogens with two attached hydrogens (primary N) is 2. The Morgan fingerprint density at radius 1 is 0.508 bits per heavy atom. The molecule has 2 aromatic heterocycles. The highest BCUT2D eigenvalue weighted by atomic mass is 35.7. The van der Waals surface area contributed by atoms with Gasteiger partial charge in [-0.05, 0) is 175 Å². The van der Waals surface area contributed by atoms with E-state index in [-0.39, 0.29) is 66.0 Å². The number of non-ortho nitro benzene ring substituents is 2. The van der Waals surface area contributed by atoms with Crippen LogP contribution in [-0.2, 0) is 90.8 Å². The molecule has 9 aromatic rings. The molecule has 0 saturated heterocycles. The van der Waals surface area contributed by atoms with Crippen LogP contribution in [0.5, 0.6) is 34.8 Å². The van der Waals surface area contributed by atoms with Crippen LogP contribution in [0.3, 0.4) is 0 Å². The van der Waals surface area contributed by atoms with Gasteiger partial charge >= 0.3 is 0 Å². The predicted molar refractivity (Wildman–Crippen MR) is 460 cm³/mol. The molecule has 2 amide bonds. The molecule has 0 fully saturated rings. The number of benzene rings is 7. The van der Waals surface area contributed by atoms with Crippen LogP contribution in [0, 0.1) is 20.2 Å². The molecule has 0 aliphatic carbocycles. The van der Waals surface area contributed by atoms with Gasteiger partial charge in [0, 0.05) is 114 Å². The van der Waals surface area contributed by atoms with Gasteiger partial charge in [-0.15, -0.1) is 0 Å². The maximum Gasteiger partial charge on any atom is 0.269 e. The van der Waals surface area contributed by atoms with Crippen LogP contribution in [0.25, 0.3) is 0 Å². The van der Waals surface area contributed by atoms with Crippen molar-refractivity contribution in [2.45, 2.75) is 47.0 Å². The lowest BCUT2D eigenvalue weighted by molar-refractivity contribution is -0.385. The van der Waals surface area contributed by atoms with Crippen LogP contribution >= 0.6 is 22.3 Å². The summed E-state index contributed by atoms with van der Waals surface area (Å²) < 4.78 is 138. The fourth-order valence-corrected chi connectivity index (χ4v) is 15.6. The van der Waals surface area contributed by atoms with E-state index in [1.54, 1.807) is 97.1 Å². The van der Waals surface area contributed by atoms with E-state index < -0.39 is 54.1 Å². The van der Waals surface area contributed by atoms with Gasteiger partial charge in [0.15, 0.2) is 11.5 Å². The van der Waals surface area contributed by atoms with Crippen LogP contribution < -0.4 is 68.9 Å². The average molecular weight is 1760 g/mol. The number of hydrogen-bond acceptors (Lipinski definition) is 28. The van der Waals surface area contributed by atoms with Crippen molar-refractivity contribution in [3.05, 3.63) is 231 Å². The number of methoxy groups -OCH3 is 2. The number of sulfonamides is 4. The van der Waals surface area contributed by atoms with E-state index in [2.05, 4.69) is 65.0 Å². The van der Waals surface area contributed by atoms with E-state index in [0.29, 0.717) is 107 Å². The summed E-state index contributed by atoms with van der Waals surface area (Å²) in [6.07, 6.45) is 14.5. The third-order valence-corrected chi connectivity index (χ3v) is 21.6. The van der Waals surface area contributed by atoms with Gasteiger partial charge in [-0.3, -0.25) is 47.0 Å². The molecule has 36 nitrogen and oxygen atoms in total. The van der Waals surface area contributed by atoms with Gasteiger partial charge in [0.1, 0.15) is 11.5 Å². The van der Waals surface area contributed by atoms with Crippen LogP contribution in [-0.4, -0.2) is 162 Å². The lowest BCUT2D eigenvalue weighted by atomic mass is 10.1. The number of carbonyl (C=O) groups excluding carboxylic acids is 2. The van der Waals surface area contributed by atoms with Gasteiger partial charge in [-0.25, -0.2) is 52.1 Å². The van der Waals surface area contributed by atoms with Crippen molar-refractivity contribution < 1.29 is 80.5 Å². The normalized spacial score (nSPS) is 13.0. The Labute approximate surface area is 693 Å². The largest absolute Gasteiger partial charge is 0.490 e. The third kappa shape index (κ3) is 27.2. The Balaban J connectivity index is 0.000000225. The molecule has 118 heavy (non-hydrogen) atoms. The minimum atomic E-state index is -3.31. The number of nitrogens with one attached hydrogen (secondary N) is 4.